The summed E-state index contributed by atoms with van der Waals surface area (Å²) in [4.78, 5) is 59.0. The third-order valence-corrected chi connectivity index (χ3v) is 4.86. The summed E-state index contributed by atoms with van der Waals surface area (Å²) in [7, 11) is 0. The summed E-state index contributed by atoms with van der Waals surface area (Å²) in [6, 6.07) is -5.02. The highest BCUT2D eigenvalue weighted by Gasteiger charge is 2.30. The maximum Gasteiger partial charge on any atom is 0.327 e. The molecular formula is C16H28N4O8S2. The van der Waals surface area contributed by atoms with Crippen molar-refractivity contribution in [3.8, 4) is 0 Å². The number of thiol groups is 1. The molecule has 14 heteroatoms. The molecule has 4 unspecified atom stereocenters. The molecule has 0 radical (unpaired) electrons. The number of rotatable bonds is 15. The zero-order valence-electron chi connectivity index (χ0n) is 16.4. The van der Waals surface area contributed by atoms with Crippen LogP contribution in [-0.2, 0) is 24.0 Å². The molecule has 30 heavy (non-hydrogen) atoms. The molecule has 172 valence electrons. The van der Waals surface area contributed by atoms with Gasteiger partial charge in [-0.2, -0.15) is 24.4 Å². The summed E-state index contributed by atoms with van der Waals surface area (Å²) in [5.41, 5.74) is 5.43. The molecule has 0 aliphatic rings. The molecule has 0 fully saturated rings. The standard InChI is InChI=1S/C16H28N4O8S2/c1-30-5-4-10(18-13(24)8(17)6-21)15(26)19-9(2-3-12(22)23)14(25)20-11(7-29)16(27)28/h8-11,21,29H,2-7,17H2,1H3,(H,18,24)(H,19,26)(H,20,25)(H,22,23)(H,27,28). The molecule has 0 bridgehead atoms. The second-order valence-electron chi connectivity index (χ2n) is 6.21. The molecule has 0 aromatic heterocycles. The minimum Gasteiger partial charge on any atom is -0.481 e. The third-order valence-electron chi connectivity index (χ3n) is 3.85. The SMILES string of the molecule is CSCCC(NC(=O)C(N)CO)C(=O)NC(CCC(=O)O)C(=O)NC(CS)C(=O)O. The van der Waals surface area contributed by atoms with Gasteiger partial charge < -0.3 is 37.0 Å². The highest BCUT2D eigenvalue weighted by Crippen LogP contribution is 2.05. The summed E-state index contributed by atoms with van der Waals surface area (Å²) in [6.45, 7) is -0.632. The number of nitrogens with two attached hydrogens (primary N) is 1. The summed E-state index contributed by atoms with van der Waals surface area (Å²) in [5, 5.41) is 33.8. The van der Waals surface area contributed by atoms with Crippen molar-refractivity contribution >= 4 is 54.1 Å². The van der Waals surface area contributed by atoms with Gasteiger partial charge in [0.15, 0.2) is 0 Å². The normalized spacial score (nSPS) is 14.7. The Morgan fingerprint density at radius 1 is 0.933 bits per heavy atom. The molecule has 3 amide bonds. The first kappa shape index (κ1) is 28.0. The van der Waals surface area contributed by atoms with Crippen molar-refractivity contribution < 1.29 is 39.3 Å². The largest absolute Gasteiger partial charge is 0.481 e. The van der Waals surface area contributed by atoms with Gasteiger partial charge in [0.1, 0.15) is 24.2 Å². The third kappa shape index (κ3) is 10.7. The van der Waals surface area contributed by atoms with E-state index in [4.69, 9.17) is 21.1 Å². The first-order valence-corrected chi connectivity index (χ1v) is 10.9. The Hall–Kier alpha value is -2.03. The number of carbonyl (C=O) groups is 5. The Bertz CT molecular complexity index is 622. The maximum atomic E-state index is 12.6. The lowest BCUT2D eigenvalue weighted by Crippen LogP contribution is -2.57. The van der Waals surface area contributed by atoms with E-state index in [0.717, 1.165) is 0 Å². The van der Waals surface area contributed by atoms with Crippen molar-refractivity contribution in [2.45, 2.75) is 43.4 Å². The number of amides is 3. The number of aliphatic hydroxyl groups is 1. The Morgan fingerprint density at radius 2 is 1.43 bits per heavy atom. The van der Waals surface area contributed by atoms with Crippen LogP contribution >= 0.6 is 24.4 Å². The molecule has 0 aliphatic carbocycles. The van der Waals surface area contributed by atoms with E-state index in [-0.39, 0.29) is 18.6 Å². The van der Waals surface area contributed by atoms with E-state index in [0.29, 0.717) is 5.75 Å². The van der Waals surface area contributed by atoms with Crippen LogP contribution in [0.15, 0.2) is 0 Å². The van der Waals surface area contributed by atoms with Gasteiger partial charge in [0.2, 0.25) is 17.7 Å². The fraction of sp³-hybridized carbons (Fsp3) is 0.688. The molecule has 0 aromatic rings. The van der Waals surface area contributed by atoms with E-state index in [1.54, 1.807) is 6.26 Å². The van der Waals surface area contributed by atoms with Gasteiger partial charge >= 0.3 is 11.9 Å². The lowest BCUT2D eigenvalue weighted by atomic mass is 10.1. The number of aliphatic hydroxyl groups excluding tert-OH is 1. The molecule has 0 spiro atoms. The fourth-order valence-corrected chi connectivity index (χ4v) is 2.85. The van der Waals surface area contributed by atoms with Crippen LogP contribution < -0.4 is 21.7 Å². The Morgan fingerprint density at radius 3 is 1.87 bits per heavy atom. The predicted octanol–water partition coefficient (Wildman–Crippen LogP) is -2.61. The Labute approximate surface area is 183 Å². The van der Waals surface area contributed by atoms with Gasteiger partial charge in [-0.1, -0.05) is 0 Å². The average molecular weight is 469 g/mol. The van der Waals surface area contributed by atoms with Crippen molar-refractivity contribution in [3.63, 3.8) is 0 Å². The van der Waals surface area contributed by atoms with E-state index >= 15 is 0 Å². The zero-order chi connectivity index (χ0) is 23.3. The smallest absolute Gasteiger partial charge is 0.327 e. The van der Waals surface area contributed by atoms with Gasteiger partial charge in [-0.15, -0.1) is 0 Å². The monoisotopic (exact) mass is 468 g/mol. The van der Waals surface area contributed by atoms with E-state index in [2.05, 4.69) is 28.6 Å². The maximum absolute atomic E-state index is 12.6. The van der Waals surface area contributed by atoms with Gasteiger partial charge in [-0.25, -0.2) is 4.79 Å². The van der Waals surface area contributed by atoms with Crippen molar-refractivity contribution in [1.82, 2.24) is 16.0 Å². The lowest BCUT2D eigenvalue weighted by molar-refractivity contribution is -0.142. The van der Waals surface area contributed by atoms with E-state index in [9.17, 15) is 24.0 Å². The summed E-state index contributed by atoms with van der Waals surface area (Å²) >= 11 is 5.23. The predicted molar refractivity (Wildman–Crippen MR) is 112 cm³/mol. The Balaban J connectivity index is 5.38. The molecule has 4 atom stereocenters. The first-order chi connectivity index (χ1) is 14.1. The number of carboxylic acid groups (broad SMARTS) is 2. The highest BCUT2D eigenvalue weighted by molar-refractivity contribution is 7.98. The van der Waals surface area contributed by atoms with E-state index in [1.165, 1.54) is 11.8 Å². The molecular weight excluding hydrogens is 440 g/mol. The number of thioether (sulfide) groups is 1. The molecule has 0 rings (SSSR count). The van der Waals surface area contributed by atoms with Crippen LogP contribution in [0.25, 0.3) is 0 Å². The van der Waals surface area contributed by atoms with Crippen LogP contribution in [0.3, 0.4) is 0 Å². The lowest BCUT2D eigenvalue weighted by Gasteiger charge is -2.24. The van der Waals surface area contributed by atoms with E-state index < -0.39 is 66.9 Å². The van der Waals surface area contributed by atoms with Crippen LogP contribution in [0, 0.1) is 0 Å². The Kier molecular flexibility index (Phi) is 13.9. The second kappa shape index (κ2) is 14.9. The quantitative estimate of drug-likeness (QED) is 0.117. The van der Waals surface area contributed by atoms with Crippen molar-refractivity contribution in [2.75, 3.05) is 24.4 Å². The zero-order valence-corrected chi connectivity index (χ0v) is 18.1. The van der Waals surface area contributed by atoms with Crippen LogP contribution in [0.2, 0.25) is 0 Å². The molecule has 0 saturated carbocycles. The minimum atomic E-state index is -1.35. The van der Waals surface area contributed by atoms with Crippen LogP contribution in [0.4, 0.5) is 0 Å². The molecule has 0 saturated heterocycles. The fourth-order valence-electron chi connectivity index (χ4n) is 2.13. The second-order valence-corrected chi connectivity index (χ2v) is 7.56. The first-order valence-electron chi connectivity index (χ1n) is 8.89. The summed E-state index contributed by atoms with van der Waals surface area (Å²) in [6.07, 6.45) is 1.20. The number of aliphatic carboxylic acids is 2. The topological polar surface area (TPSA) is 208 Å². The summed E-state index contributed by atoms with van der Waals surface area (Å²) in [5.74, 6) is -4.74. The number of hydrogen-bond donors (Lipinski definition) is 8. The van der Waals surface area contributed by atoms with Crippen molar-refractivity contribution in [1.29, 1.82) is 0 Å². The van der Waals surface area contributed by atoms with E-state index in [1.807, 2.05) is 0 Å². The van der Waals surface area contributed by atoms with Crippen LogP contribution in [0.1, 0.15) is 19.3 Å². The average Bonchev–Trinajstić information content (AvgIpc) is 2.70. The summed E-state index contributed by atoms with van der Waals surface area (Å²) < 4.78 is 0. The van der Waals surface area contributed by atoms with Crippen LogP contribution in [-0.4, -0.2) is 93.5 Å². The number of carbonyl (C=O) groups excluding carboxylic acids is 3. The molecule has 0 heterocycles. The molecule has 8 N–H and O–H groups in total. The number of nitrogens with one attached hydrogen (secondary N) is 3. The van der Waals surface area contributed by atoms with Crippen molar-refractivity contribution in [2.24, 2.45) is 5.73 Å². The van der Waals surface area contributed by atoms with Gasteiger partial charge in [0.25, 0.3) is 0 Å². The highest BCUT2D eigenvalue weighted by atomic mass is 32.2. The molecule has 12 nitrogen and oxygen atoms in total. The number of hydrogen-bond acceptors (Lipinski definition) is 9. The van der Waals surface area contributed by atoms with Gasteiger partial charge in [-0.05, 0) is 24.9 Å². The molecule has 0 aliphatic heterocycles. The molecule has 0 aromatic carbocycles. The minimum absolute atomic E-state index is 0.179. The van der Waals surface area contributed by atoms with Gasteiger partial charge in [0.05, 0.1) is 6.61 Å². The van der Waals surface area contributed by atoms with Gasteiger partial charge in [-0.3, -0.25) is 19.2 Å². The van der Waals surface area contributed by atoms with Crippen molar-refractivity contribution in [3.05, 3.63) is 0 Å². The van der Waals surface area contributed by atoms with Gasteiger partial charge in [0, 0.05) is 12.2 Å². The number of carboxylic acids is 2. The van der Waals surface area contributed by atoms with Crippen LogP contribution in [0.5, 0.6) is 0 Å².